The highest BCUT2D eigenvalue weighted by molar-refractivity contribution is 5.78. The van der Waals surface area contributed by atoms with Crippen LogP contribution in [0.1, 0.15) is 24.2 Å². The predicted octanol–water partition coefficient (Wildman–Crippen LogP) is 1.92. The van der Waals surface area contributed by atoms with Crippen molar-refractivity contribution in [1.82, 2.24) is 14.7 Å². The van der Waals surface area contributed by atoms with Crippen molar-refractivity contribution in [3.8, 4) is 0 Å². The van der Waals surface area contributed by atoms with Crippen molar-refractivity contribution in [2.45, 2.75) is 33.2 Å². The molecule has 1 unspecified atom stereocenters. The van der Waals surface area contributed by atoms with E-state index < -0.39 is 0 Å². The van der Waals surface area contributed by atoms with E-state index >= 15 is 0 Å². The molecule has 1 aromatic heterocycles. The van der Waals surface area contributed by atoms with Gasteiger partial charge >= 0.3 is 0 Å². The lowest BCUT2D eigenvalue weighted by Gasteiger charge is -2.16. The van der Waals surface area contributed by atoms with Crippen LogP contribution in [0.4, 0.5) is 0 Å². The molecule has 2 rings (SSSR count). The molecule has 2 heterocycles. The topological polar surface area (TPSA) is 38.1 Å². The molecule has 4 nitrogen and oxygen atoms in total. The van der Waals surface area contributed by atoms with Crippen LogP contribution in [0.15, 0.2) is 18.7 Å². The molecule has 0 aromatic carbocycles. The van der Waals surface area contributed by atoms with Crippen molar-refractivity contribution in [3.63, 3.8) is 0 Å². The van der Waals surface area contributed by atoms with Gasteiger partial charge in [-0.3, -0.25) is 9.48 Å². The normalized spacial score (nSPS) is 19.6. The first kappa shape index (κ1) is 12.9. The number of likely N-dealkylation sites (tertiary alicyclic amines) is 1. The average molecular weight is 247 g/mol. The van der Waals surface area contributed by atoms with Gasteiger partial charge in [0, 0.05) is 37.7 Å². The SMILES string of the molecule is C=CC1CC(=O)N(CCCn2nc(C)cc2C)C1. The van der Waals surface area contributed by atoms with Crippen molar-refractivity contribution in [1.29, 1.82) is 0 Å². The van der Waals surface area contributed by atoms with Gasteiger partial charge in [0.1, 0.15) is 0 Å². The third kappa shape index (κ3) is 2.81. The lowest BCUT2D eigenvalue weighted by Crippen LogP contribution is -2.27. The minimum atomic E-state index is 0.258. The fraction of sp³-hybridized carbons (Fsp3) is 0.571. The molecule has 0 bridgehead atoms. The van der Waals surface area contributed by atoms with Crippen LogP contribution < -0.4 is 0 Å². The van der Waals surface area contributed by atoms with Gasteiger partial charge in [-0.15, -0.1) is 6.58 Å². The van der Waals surface area contributed by atoms with Crippen LogP contribution in [0, 0.1) is 19.8 Å². The van der Waals surface area contributed by atoms with E-state index in [0.29, 0.717) is 12.3 Å². The van der Waals surface area contributed by atoms with Crippen molar-refractivity contribution in [3.05, 3.63) is 30.1 Å². The quantitative estimate of drug-likeness (QED) is 0.746. The van der Waals surface area contributed by atoms with Gasteiger partial charge in [0.15, 0.2) is 0 Å². The van der Waals surface area contributed by atoms with Crippen LogP contribution >= 0.6 is 0 Å². The van der Waals surface area contributed by atoms with Crippen LogP contribution in [0.5, 0.6) is 0 Å². The smallest absolute Gasteiger partial charge is 0.223 e. The largest absolute Gasteiger partial charge is 0.342 e. The second-order valence-corrected chi connectivity index (χ2v) is 5.04. The number of aromatic nitrogens is 2. The van der Waals surface area contributed by atoms with E-state index in [1.807, 2.05) is 22.6 Å². The summed E-state index contributed by atoms with van der Waals surface area (Å²) in [5.41, 5.74) is 2.24. The first-order chi connectivity index (χ1) is 8.60. The fourth-order valence-corrected chi connectivity index (χ4v) is 2.49. The summed E-state index contributed by atoms with van der Waals surface area (Å²) >= 11 is 0. The molecule has 0 saturated carbocycles. The molecular formula is C14H21N3O. The van der Waals surface area contributed by atoms with Gasteiger partial charge in [-0.05, 0) is 26.3 Å². The number of aryl methyl sites for hydroxylation is 3. The van der Waals surface area contributed by atoms with E-state index in [0.717, 1.165) is 31.7 Å². The second-order valence-electron chi connectivity index (χ2n) is 5.04. The standard InChI is InChI=1S/C14H21N3O/c1-4-13-9-14(18)16(10-13)6-5-7-17-12(3)8-11(2)15-17/h4,8,13H,1,5-7,9-10H2,2-3H3. The van der Waals surface area contributed by atoms with Gasteiger partial charge in [-0.2, -0.15) is 5.10 Å². The summed E-state index contributed by atoms with van der Waals surface area (Å²) in [5, 5.41) is 4.42. The van der Waals surface area contributed by atoms with Gasteiger partial charge in [0.05, 0.1) is 5.69 Å². The number of nitrogens with zero attached hydrogens (tertiary/aromatic N) is 3. The Kier molecular flexibility index (Phi) is 3.84. The van der Waals surface area contributed by atoms with Gasteiger partial charge in [-0.25, -0.2) is 0 Å². The first-order valence-corrected chi connectivity index (χ1v) is 6.51. The summed E-state index contributed by atoms with van der Waals surface area (Å²) < 4.78 is 2.01. The monoisotopic (exact) mass is 247 g/mol. The van der Waals surface area contributed by atoms with Gasteiger partial charge in [0.25, 0.3) is 0 Å². The second kappa shape index (κ2) is 5.38. The Bertz CT molecular complexity index is 450. The molecule has 1 atom stereocenters. The van der Waals surface area contributed by atoms with Crippen LogP contribution in [0.3, 0.4) is 0 Å². The minimum absolute atomic E-state index is 0.258. The molecule has 0 radical (unpaired) electrons. The summed E-state index contributed by atoms with van der Waals surface area (Å²) in [7, 11) is 0. The van der Waals surface area contributed by atoms with Gasteiger partial charge in [-0.1, -0.05) is 6.08 Å². The Morgan fingerprint density at radius 1 is 1.50 bits per heavy atom. The van der Waals surface area contributed by atoms with Crippen molar-refractivity contribution >= 4 is 5.91 Å². The van der Waals surface area contributed by atoms with Crippen LogP contribution in [0.25, 0.3) is 0 Å². The molecule has 1 fully saturated rings. The molecule has 1 aromatic rings. The molecule has 98 valence electrons. The van der Waals surface area contributed by atoms with Crippen LogP contribution in [-0.2, 0) is 11.3 Å². The van der Waals surface area contributed by atoms with E-state index in [1.54, 1.807) is 0 Å². The molecule has 18 heavy (non-hydrogen) atoms. The van der Waals surface area contributed by atoms with Gasteiger partial charge in [0.2, 0.25) is 5.91 Å². The van der Waals surface area contributed by atoms with E-state index in [-0.39, 0.29) is 5.91 Å². The summed E-state index contributed by atoms with van der Waals surface area (Å²) in [4.78, 5) is 13.7. The Morgan fingerprint density at radius 2 is 2.28 bits per heavy atom. The number of hydrogen-bond acceptors (Lipinski definition) is 2. The molecule has 4 heteroatoms. The Labute approximate surface area is 108 Å². The van der Waals surface area contributed by atoms with E-state index in [2.05, 4.69) is 24.7 Å². The summed E-state index contributed by atoms with van der Waals surface area (Å²) in [6, 6.07) is 2.08. The molecule has 0 spiro atoms. The molecule has 1 aliphatic rings. The zero-order chi connectivity index (χ0) is 13.1. The Hall–Kier alpha value is -1.58. The van der Waals surface area contributed by atoms with E-state index in [4.69, 9.17) is 0 Å². The van der Waals surface area contributed by atoms with E-state index in [1.165, 1.54) is 5.69 Å². The van der Waals surface area contributed by atoms with Gasteiger partial charge < -0.3 is 4.90 Å². The number of amides is 1. The van der Waals surface area contributed by atoms with E-state index in [9.17, 15) is 4.79 Å². The zero-order valence-electron chi connectivity index (χ0n) is 11.2. The summed E-state index contributed by atoms with van der Waals surface area (Å²) in [6.45, 7) is 10.4. The molecular weight excluding hydrogens is 226 g/mol. The molecule has 1 amide bonds. The molecule has 0 aliphatic carbocycles. The lowest BCUT2D eigenvalue weighted by molar-refractivity contribution is -0.127. The summed E-state index contributed by atoms with van der Waals surface area (Å²) in [5.74, 6) is 0.597. The van der Waals surface area contributed by atoms with Crippen LogP contribution in [0.2, 0.25) is 0 Å². The highest BCUT2D eigenvalue weighted by atomic mass is 16.2. The highest BCUT2D eigenvalue weighted by Gasteiger charge is 2.26. The lowest BCUT2D eigenvalue weighted by atomic mass is 10.1. The molecule has 0 N–H and O–H groups in total. The first-order valence-electron chi connectivity index (χ1n) is 6.51. The van der Waals surface area contributed by atoms with Crippen molar-refractivity contribution < 1.29 is 4.79 Å². The minimum Gasteiger partial charge on any atom is -0.342 e. The number of carbonyl (C=O) groups is 1. The highest BCUT2D eigenvalue weighted by Crippen LogP contribution is 2.18. The summed E-state index contributed by atoms with van der Waals surface area (Å²) in [6.07, 6.45) is 3.47. The third-order valence-electron chi connectivity index (χ3n) is 3.48. The third-order valence-corrected chi connectivity index (χ3v) is 3.48. The fourth-order valence-electron chi connectivity index (χ4n) is 2.49. The maximum atomic E-state index is 11.7. The molecule has 1 aliphatic heterocycles. The maximum absolute atomic E-state index is 11.7. The maximum Gasteiger partial charge on any atom is 0.223 e. The molecule has 1 saturated heterocycles. The Balaban J connectivity index is 1.81. The number of rotatable bonds is 5. The number of carbonyl (C=O) groups excluding carboxylic acids is 1. The van der Waals surface area contributed by atoms with Crippen molar-refractivity contribution in [2.75, 3.05) is 13.1 Å². The van der Waals surface area contributed by atoms with Crippen molar-refractivity contribution in [2.24, 2.45) is 5.92 Å². The average Bonchev–Trinajstić information content (AvgIpc) is 2.83. The Morgan fingerprint density at radius 3 is 2.83 bits per heavy atom. The van der Waals surface area contributed by atoms with Crippen LogP contribution in [-0.4, -0.2) is 33.7 Å². The zero-order valence-corrected chi connectivity index (χ0v) is 11.2. The number of hydrogen-bond donors (Lipinski definition) is 0. The predicted molar refractivity (Wildman–Crippen MR) is 71.2 cm³/mol.